The fraction of sp³-hybridized carbons (Fsp3) is 0.261. The molecule has 6 nitrogen and oxygen atoms in total. The zero-order valence-electron chi connectivity index (χ0n) is 17.5. The molecule has 2 aromatic heterocycles. The lowest BCUT2D eigenvalue weighted by atomic mass is 10.2. The largest absolute Gasteiger partial charge is 0.497 e. The normalized spacial score (nSPS) is 11.2. The number of ether oxygens (including phenoxy) is 1. The maximum absolute atomic E-state index is 5.88. The molecule has 0 bridgehead atoms. The van der Waals surface area contributed by atoms with Crippen LogP contribution in [0.2, 0.25) is 0 Å². The number of hydrogen-bond donors (Lipinski definition) is 0. The molecule has 4 aromatic rings. The first kappa shape index (κ1) is 20.2. The lowest BCUT2D eigenvalue weighted by molar-refractivity contribution is 0.415. The fourth-order valence-corrected chi connectivity index (χ4v) is 4.25. The molecule has 2 aromatic carbocycles. The van der Waals surface area contributed by atoms with Crippen LogP contribution in [0.1, 0.15) is 31.3 Å². The van der Waals surface area contributed by atoms with Crippen LogP contribution in [0.15, 0.2) is 64.2 Å². The zero-order chi connectivity index (χ0) is 21.1. The van der Waals surface area contributed by atoms with Crippen molar-refractivity contribution in [2.45, 2.75) is 37.7 Å². The third kappa shape index (κ3) is 4.11. The molecule has 0 atom stereocenters. The van der Waals surface area contributed by atoms with Crippen molar-refractivity contribution in [2.75, 3.05) is 7.11 Å². The third-order valence-electron chi connectivity index (χ3n) is 4.78. The number of nitrogens with zero attached hydrogens (tertiary/aromatic N) is 4. The van der Waals surface area contributed by atoms with Gasteiger partial charge in [0.05, 0.1) is 12.8 Å². The molecule has 0 fully saturated rings. The maximum Gasteiger partial charge on any atom is 0.226 e. The summed E-state index contributed by atoms with van der Waals surface area (Å²) in [5, 5.41) is 9.77. The number of aromatic nitrogens is 4. The van der Waals surface area contributed by atoms with E-state index >= 15 is 0 Å². The Morgan fingerprint density at radius 1 is 1.00 bits per heavy atom. The van der Waals surface area contributed by atoms with Crippen molar-refractivity contribution in [3.63, 3.8) is 0 Å². The molecule has 0 radical (unpaired) electrons. The number of oxazole rings is 1. The second-order valence-electron chi connectivity index (χ2n) is 7.18. The average molecular weight is 421 g/mol. The Labute approximate surface area is 180 Å². The summed E-state index contributed by atoms with van der Waals surface area (Å²) < 4.78 is 13.3. The maximum atomic E-state index is 5.88. The number of benzene rings is 2. The van der Waals surface area contributed by atoms with Gasteiger partial charge < -0.3 is 9.15 Å². The van der Waals surface area contributed by atoms with E-state index in [0.717, 1.165) is 39.3 Å². The van der Waals surface area contributed by atoms with Crippen LogP contribution in [0, 0.1) is 6.92 Å². The second-order valence-corrected chi connectivity index (χ2v) is 8.12. The monoisotopic (exact) mass is 420 g/mol. The van der Waals surface area contributed by atoms with E-state index in [1.54, 1.807) is 18.9 Å². The Morgan fingerprint density at radius 2 is 1.73 bits per heavy atom. The molecule has 4 rings (SSSR count). The Balaban J connectivity index is 1.57. The van der Waals surface area contributed by atoms with E-state index in [4.69, 9.17) is 14.1 Å². The van der Waals surface area contributed by atoms with Crippen molar-refractivity contribution < 1.29 is 9.15 Å². The number of aryl methyl sites for hydroxylation is 1. The summed E-state index contributed by atoms with van der Waals surface area (Å²) in [6.07, 6.45) is 0. The van der Waals surface area contributed by atoms with Crippen molar-refractivity contribution in [1.82, 2.24) is 19.7 Å². The van der Waals surface area contributed by atoms with E-state index in [0.29, 0.717) is 11.6 Å². The first-order chi connectivity index (χ1) is 14.6. The fourth-order valence-electron chi connectivity index (χ4n) is 3.18. The molecule has 0 saturated heterocycles. The van der Waals surface area contributed by atoms with Crippen molar-refractivity contribution >= 4 is 11.8 Å². The van der Waals surface area contributed by atoms with Crippen molar-refractivity contribution in [1.29, 1.82) is 0 Å². The van der Waals surface area contributed by atoms with Gasteiger partial charge in [0, 0.05) is 22.9 Å². The third-order valence-corrected chi connectivity index (χ3v) is 5.73. The molecule has 0 saturated carbocycles. The minimum Gasteiger partial charge on any atom is -0.497 e. The second kappa shape index (κ2) is 8.75. The molecule has 0 unspecified atom stereocenters. The van der Waals surface area contributed by atoms with Gasteiger partial charge in [-0.1, -0.05) is 30.0 Å². The van der Waals surface area contributed by atoms with Crippen LogP contribution in [0.3, 0.4) is 0 Å². The predicted molar refractivity (Wildman–Crippen MR) is 119 cm³/mol. The highest BCUT2D eigenvalue weighted by atomic mass is 32.2. The molecule has 0 aliphatic rings. The van der Waals surface area contributed by atoms with Crippen molar-refractivity contribution in [3.05, 3.63) is 66.1 Å². The van der Waals surface area contributed by atoms with Gasteiger partial charge in [0.2, 0.25) is 5.89 Å². The van der Waals surface area contributed by atoms with Crippen LogP contribution in [0.5, 0.6) is 5.75 Å². The molecule has 0 amide bonds. The number of thioether (sulfide) groups is 1. The van der Waals surface area contributed by atoms with Gasteiger partial charge in [-0.05, 0) is 57.2 Å². The van der Waals surface area contributed by atoms with E-state index in [-0.39, 0.29) is 6.04 Å². The van der Waals surface area contributed by atoms with Crippen LogP contribution >= 0.6 is 11.8 Å². The number of rotatable bonds is 7. The zero-order valence-corrected chi connectivity index (χ0v) is 18.3. The summed E-state index contributed by atoms with van der Waals surface area (Å²) in [6.45, 7) is 6.22. The van der Waals surface area contributed by atoms with E-state index in [2.05, 4.69) is 28.6 Å². The Kier molecular flexibility index (Phi) is 5.90. The molecule has 0 N–H and O–H groups in total. The molecule has 0 spiro atoms. The Morgan fingerprint density at radius 3 is 2.40 bits per heavy atom. The summed E-state index contributed by atoms with van der Waals surface area (Å²) in [5.74, 6) is 3.80. The van der Waals surface area contributed by atoms with E-state index < -0.39 is 0 Å². The molecule has 7 heteroatoms. The lowest BCUT2D eigenvalue weighted by Crippen LogP contribution is -2.05. The molecule has 0 aliphatic carbocycles. The van der Waals surface area contributed by atoms with Crippen LogP contribution in [0.4, 0.5) is 0 Å². The van der Waals surface area contributed by atoms with Gasteiger partial charge >= 0.3 is 0 Å². The van der Waals surface area contributed by atoms with Crippen molar-refractivity contribution in [3.8, 4) is 28.6 Å². The van der Waals surface area contributed by atoms with E-state index in [9.17, 15) is 0 Å². The Bertz CT molecular complexity index is 1120. The predicted octanol–water partition coefficient (Wildman–Crippen LogP) is 5.79. The topological polar surface area (TPSA) is 66.0 Å². The highest BCUT2D eigenvalue weighted by molar-refractivity contribution is 7.98. The average Bonchev–Trinajstić information content (AvgIpc) is 3.36. The van der Waals surface area contributed by atoms with Crippen LogP contribution < -0.4 is 4.74 Å². The van der Waals surface area contributed by atoms with Gasteiger partial charge in [-0.2, -0.15) is 0 Å². The quantitative estimate of drug-likeness (QED) is 0.353. The molecule has 0 aliphatic heterocycles. The first-order valence-corrected chi connectivity index (χ1v) is 10.8. The summed E-state index contributed by atoms with van der Waals surface area (Å²) >= 11 is 1.62. The summed E-state index contributed by atoms with van der Waals surface area (Å²) in [6, 6.07) is 18.0. The highest BCUT2D eigenvalue weighted by Gasteiger charge is 2.19. The summed E-state index contributed by atoms with van der Waals surface area (Å²) in [4.78, 5) is 4.69. The standard InChI is InChI=1S/C23H24N4O2S/c1-15(2)27-21(17-10-12-19(28-4)13-11-17)25-26-23(27)30-14-20-16(3)29-22(24-20)18-8-6-5-7-9-18/h5-13,15H,14H2,1-4H3. The van der Waals surface area contributed by atoms with Gasteiger partial charge in [-0.3, -0.25) is 4.57 Å². The Hall–Kier alpha value is -3.06. The lowest BCUT2D eigenvalue weighted by Gasteiger charge is -2.13. The van der Waals surface area contributed by atoms with Crippen LogP contribution in [-0.2, 0) is 5.75 Å². The van der Waals surface area contributed by atoms with Gasteiger partial charge in [0.1, 0.15) is 11.5 Å². The van der Waals surface area contributed by atoms with E-state index in [1.807, 2.05) is 61.5 Å². The first-order valence-electron chi connectivity index (χ1n) is 9.80. The van der Waals surface area contributed by atoms with Gasteiger partial charge in [-0.25, -0.2) is 4.98 Å². The SMILES string of the molecule is COc1ccc(-c2nnc(SCc3nc(-c4ccccc4)oc3C)n2C(C)C)cc1. The molecular weight excluding hydrogens is 396 g/mol. The number of hydrogen-bond acceptors (Lipinski definition) is 6. The van der Waals surface area contributed by atoms with Crippen LogP contribution in [-0.4, -0.2) is 26.9 Å². The minimum atomic E-state index is 0.220. The summed E-state index contributed by atoms with van der Waals surface area (Å²) in [5.41, 5.74) is 2.90. The van der Waals surface area contributed by atoms with Gasteiger partial charge in [0.25, 0.3) is 0 Å². The number of methoxy groups -OCH3 is 1. The highest BCUT2D eigenvalue weighted by Crippen LogP contribution is 2.31. The van der Waals surface area contributed by atoms with Crippen molar-refractivity contribution in [2.24, 2.45) is 0 Å². The van der Waals surface area contributed by atoms with Gasteiger partial charge in [-0.15, -0.1) is 10.2 Å². The molecule has 154 valence electrons. The molecule has 2 heterocycles. The van der Waals surface area contributed by atoms with Crippen LogP contribution in [0.25, 0.3) is 22.8 Å². The van der Waals surface area contributed by atoms with E-state index in [1.165, 1.54) is 0 Å². The van der Waals surface area contributed by atoms with Gasteiger partial charge in [0.15, 0.2) is 11.0 Å². The molecule has 30 heavy (non-hydrogen) atoms. The smallest absolute Gasteiger partial charge is 0.226 e. The molecular formula is C23H24N4O2S. The summed E-state index contributed by atoms with van der Waals surface area (Å²) in [7, 11) is 1.66. The minimum absolute atomic E-state index is 0.220.